The molecule has 0 aliphatic rings. The smallest absolute Gasteiger partial charge is 0.337 e. The predicted octanol–water partition coefficient (Wildman–Crippen LogP) is 0.887. The van der Waals surface area contributed by atoms with Crippen molar-refractivity contribution in [1.29, 1.82) is 0 Å². The van der Waals surface area contributed by atoms with Crippen LogP contribution in [0.1, 0.15) is 0 Å². The Kier molecular flexibility index (Phi) is 4.04. The second-order valence-electron chi connectivity index (χ2n) is 1.10. The van der Waals surface area contributed by atoms with E-state index in [2.05, 4.69) is 23.0 Å². The molecule has 0 unspecified atom stereocenters. The summed E-state index contributed by atoms with van der Waals surface area (Å²) in [5.41, 5.74) is 0. The maximum atomic E-state index is 10.3. The summed E-state index contributed by atoms with van der Waals surface area (Å²) < 4.78 is 4.29. The summed E-state index contributed by atoms with van der Waals surface area (Å²) in [6.07, 6.45) is 3.44. The first-order valence-corrected chi connectivity index (χ1v) is 2.25. The van der Waals surface area contributed by atoms with Gasteiger partial charge in [0.25, 0.3) is 0 Å². The van der Waals surface area contributed by atoms with E-state index in [-0.39, 0.29) is 0 Å². The van der Waals surface area contributed by atoms with E-state index in [4.69, 9.17) is 0 Å². The first-order chi connectivity index (χ1) is 4.31. The fraction of sp³-hybridized carbons (Fsp3) is 0. The summed E-state index contributed by atoms with van der Waals surface area (Å²) in [6, 6.07) is 0. The first kappa shape index (κ1) is 7.62. The molecule has 0 aliphatic heterocycles. The van der Waals surface area contributed by atoms with Crippen molar-refractivity contribution in [3.63, 3.8) is 0 Å². The highest BCUT2D eigenvalue weighted by Gasteiger charge is 1.87. The molecule has 0 aromatic rings. The first-order valence-electron chi connectivity index (χ1n) is 2.25. The van der Waals surface area contributed by atoms with E-state index in [0.717, 1.165) is 12.3 Å². The molecule has 0 spiro atoms. The number of hydrogen-bond acceptors (Lipinski definition) is 3. The number of ether oxygens (including phenoxy) is 1. The number of rotatable bonds is 3. The van der Waals surface area contributed by atoms with E-state index >= 15 is 0 Å². The van der Waals surface area contributed by atoms with Crippen LogP contribution in [0.25, 0.3) is 0 Å². The molecular weight excluding hydrogens is 118 g/mol. The average molecular weight is 125 g/mol. The second-order valence-corrected chi connectivity index (χ2v) is 1.10. The van der Waals surface area contributed by atoms with Crippen LogP contribution in [0.4, 0.5) is 0 Å². The SMILES string of the molecule is C=COC(=O)/C=C\N=C. The molecule has 0 saturated carbocycles. The molecule has 0 bridgehead atoms. The molecule has 0 fully saturated rings. The minimum atomic E-state index is -0.502. The summed E-state index contributed by atoms with van der Waals surface area (Å²) in [6.45, 7) is 6.31. The van der Waals surface area contributed by atoms with Gasteiger partial charge in [-0.3, -0.25) is 4.99 Å². The van der Waals surface area contributed by atoms with Crippen LogP contribution in [0.5, 0.6) is 0 Å². The van der Waals surface area contributed by atoms with Gasteiger partial charge in [-0.15, -0.1) is 0 Å². The van der Waals surface area contributed by atoms with Gasteiger partial charge < -0.3 is 4.74 Å². The van der Waals surface area contributed by atoms with Crippen LogP contribution < -0.4 is 0 Å². The van der Waals surface area contributed by atoms with Gasteiger partial charge >= 0.3 is 5.97 Å². The number of hydrogen-bond donors (Lipinski definition) is 0. The molecule has 0 radical (unpaired) electrons. The molecule has 9 heavy (non-hydrogen) atoms. The maximum absolute atomic E-state index is 10.3. The Balaban J connectivity index is 3.61. The zero-order valence-electron chi connectivity index (χ0n) is 4.91. The monoisotopic (exact) mass is 125 g/mol. The number of carbonyl (C=O) groups is 1. The third kappa shape index (κ3) is 4.47. The molecule has 3 heteroatoms. The molecule has 0 aromatic carbocycles. The normalized spacial score (nSPS) is 8.89. The van der Waals surface area contributed by atoms with Gasteiger partial charge in [-0.25, -0.2) is 4.79 Å². The third-order valence-corrected chi connectivity index (χ3v) is 0.516. The van der Waals surface area contributed by atoms with E-state index < -0.39 is 5.97 Å². The van der Waals surface area contributed by atoms with E-state index in [0.29, 0.717) is 0 Å². The molecule has 0 atom stereocenters. The maximum Gasteiger partial charge on any atom is 0.337 e. The lowest BCUT2D eigenvalue weighted by Crippen LogP contribution is -1.91. The van der Waals surface area contributed by atoms with Crippen LogP contribution in [0, 0.1) is 0 Å². The van der Waals surface area contributed by atoms with Crippen molar-refractivity contribution in [3.05, 3.63) is 25.1 Å². The minimum absolute atomic E-state index is 0.502. The molecule has 0 aromatic heterocycles. The highest BCUT2D eigenvalue weighted by atomic mass is 16.5. The fourth-order valence-corrected chi connectivity index (χ4v) is 0.235. The van der Waals surface area contributed by atoms with Gasteiger partial charge in [0, 0.05) is 12.3 Å². The summed E-state index contributed by atoms with van der Waals surface area (Å²) in [7, 11) is 0. The topological polar surface area (TPSA) is 38.7 Å². The lowest BCUT2D eigenvalue weighted by molar-refractivity contribution is -0.132. The predicted molar refractivity (Wildman–Crippen MR) is 35.0 cm³/mol. The lowest BCUT2D eigenvalue weighted by atomic mass is 10.6. The van der Waals surface area contributed by atoms with Gasteiger partial charge in [-0.2, -0.15) is 0 Å². The number of nitrogens with zero attached hydrogens (tertiary/aromatic N) is 1. The highest BCUT2D eigenvalue weighted by molar-refractivity contribution is 5.82. The Labute approximate surface area is 53.4 Å². The van der Waals surface area contributed by atoms with Crippen LogP contribution in [0.2, 0.25) is 0 Å². The van der Waals surface area contributed by atoms with Crippen molar-refractivity contribution in [2.75, 3.05) is 0 Å². The average Bonchev–Trinajstić information content (AvgIpc) is 1.85. The molecule has 0 rings (SSSR count). The van der Waals surface area contributed by atoms with Gasteiger partial charge in [0.1, 0.15) is 0 Å². The highest BCUT2D eigenvalue weighted by Crippen LogP contribution is 1.80. The van der Waals surface area contributed by atoms with E-state index in [9.17, 15) is 4.79 Å². The number of esters is 1. The standard InChI is InChI=1S/C6H7NO2/c1-3-9-6(8)4-5-7-2/h3-5H,1-2H2/b5-4-. The quantitative estimate of drug-likeness (QED) is 0.243. The van der Waals surface area contributed by atoms with E-state index in [1.165, 1.54) is 6.20 Å². The minimum Gasteiger partial charge on any atom is -0.432 e. The van der Waals surface area contributed by atoms with Crippen molar-refractivity contribution >= 4 is 12.7 Å². The number of carbonyl (C=O) groups excluding carboxylic acids is 1. The van der Waals surface area contributed by atoms with Crippen LogP contribution in [0.3, 0.4) is 0 Å². The van der Waals surface area contributed by atoms with Crippen molar-refractivity contribution < 1.29 is 9.53 Å². The summed E-state index contributed by atoms with van der Waals surface area (Å²) >= 11 is 0. The van der Waals surface area contributed by atoms with Crippen molar-refractivity contribution in [1.82, 2.24) is 0 Å². The Morgan fingerprint density at radius 3 is 2.78 bits per heavy atom. The third-order valence-electron chi connectivity index (χ3n) is 0.516. The second kappa shape index (κ2) is 4.77. The zero-order valence-corrected chi connectivity index (χ0v) is 4.91. The van der Waals surface area contributed by atoms with Gasteiger partial charge in [0.15, 0.2) is 0 Å². The molecular formula is C6H7NO2. The molecule has 0 heterocycles. The molecule has 3 nitrogen and oxygen atoms in total. The van der Waals surface area contributed by atoms with Gasteiger partial charge in [0.2, 0.25) is 0 Å². The Bertz CT molecular complexity index is 149. The largest absolute Gasteiger partial charge is 0.432 e. The molecule has 48 valence electrons. The molecule has 0 saturated heterocycles. The Morgan fingerprint density at radius 1 is 1.67 bits per heavy atom. The molecule has 0 amide bonds. The lowest BCUT2D eigenvalue weighted by Gasteiger charge is -1.86. The summed E-state index contributed by atoms with van der Waals surface area (Å²) in [5, 5.41) is 0. The van der Waals surface area contributed by atoms with E-state index in [1.807, 2.05) is 0 Å². The Hall–Kier alpha value is -1.38. The van der Waals surface area contributed by atoms with Crippen molar-refractivity contribution in [2.45, 2.75) is 0 Å². The van der Waals surface area contributed by atoms with Crippen LogP contribution in [-0.4, -0.2) is 12.7 Å². The molecule has 0 N–H and O–H groups in total. The number of aliphatic imine (C=N–C) groups is 1. The fourth-order valence-electron chi connectivity index (χ4n) is 0.235. The van der Waals surface area contributed by atoms with Crippen molar-refractivity contribution in [2.24, 2.45) is 4.99 Å². The van der Waals surface area contributed by atoms with E-state index in [1.54, 1.807) is 0 Å². The Morgan fingerprint density at radius 2 is 2.33 bits per heavy atom. The summed E-state index contributed by atoms with van der Waals surface area (Å²) in [5.74, 6) is -0.502. The van der Waals surface area contributed by atoms with Crippen LogP contribution in [0.15, 0.2) is 30.1 Å². The van der Waals surface area contributed by atoms with Crippen LogP contribution in [-0.2, 0) is 9.53 Å². The van der Waals surface area contributed by atoms with Gasteiger partial charge in [-0.05, 0) is 6.72 Å². The van der Waals surface area contributed by atoms with Crippen molar-refractivity contribution in [3.8, 4) is 0 Å². The van der Waals surface area contributed by atoms with Gasteiger partial charge in [0.05, 0.1) is 6.26 Å². The van der Waals surface area contributed by atoms with Crippen LogP contribution >= 0.6 is 0 Å². The zero-order chi connectivity index (χ0) is 7.11. The summed E-state index contributed by atoms with van der Waals surface area (Å²) in [4.78, 5) is 13.6. The van der Waals surface area contributed by atoms with Gasteiger partial charge in [-0.1, -0.05) is 6.58 Å². The molecule has 0 aliphatic carbocycles.